The smallest absolute Gasteiger partial charge is 0.0661 e. The molecule has 20 heavy (non-hydrogen) atoms. The molecule has 3 nitrogen and oxygen atoms in total. The maximum atomic E-state index is 9.44. The van der Waals surface area contributed by atoms with Gasteiger partial charge >= 0.3 is 0 Å². The van der Waals surface area contributed by atoms with Gasteiger partial charge in [-0.3, -0.25) is 0 Å². The van der Waals surface area contributed by atoms with Gasteiger partial charge in [-0.05, 0) is 57.4 Å². The molecule has 3 saturated carbocycles. The lowest BCUT2D eigenvalue weighted by atomic mass is 9.60. The van der Waals surface area contributed by atoms with Crippen LogP contribution in [0.15, 0.2) is 0 Å². The highest BCUT2D eigenvalue weighted by Gasteiger charge is 2.56. The summed E-state index contributed by atoms with van der Waals surface area (Å²) in [6, 6.07) is 0.668. The highest BCUT2D eigenvalue weighted by atomic mass is 16.5. The van der Waals surface area contributed by atoms with Crippen LogP contribution in [-0.2, 0) is 4.74 Å². The van der Waals surface area contributed by atoms with E-state index < -0.39 is 0 Å². The first-order valence-corrected chi connectivity index (χ1v) is 8.76. The minimum absolute atomic E-state index is 0.379. The van der Waals surface area contributed by atoms with Crippen molar-refractivity contribution in [1.29, 1.82) is 0 Å². The van der Waals surface area contributed by atoms with E-state index in [9.17, 15) is 5.11 Å². The normalized spacial score (nSPS) is 39.3. The first-order chi connectivity index (χ1) is 9.80. The molecule has 0 aromatic heterocycles. The SMILES string of the molecule is CCOC1CC(NCC2CCCC2CO)C12CCCC2. The molecule has 3 aliphatic rings. The molecule has 0 bridgehead atoms. The Labute approximate surface area is 123 Å². The maximum Gasteiger partial charge on any atom is 0.0661 e. The van der Waals surface area contributed by atoms with Crippen molar-refractivity contribution in [2.24, 2.45) is 17.3 Å². The molecule has 0 aliphatic heterocycles. The fourth-order valence-electron chi connectivity index (χ4n) is 5.09. The minimum atomic E-state index is 0.379. The zero-order valence-electron chi connectivity index (χ0n) is 12.9. The average Bonchev–Trinajstić information content (AvgIpc) is 3.11. The van der Waals surface area contributed by atoms with Crippen LogP contribution in [0.3, 0.4) is 0 Å². The van der Waals surface area contributed by atoms with Gasteiger partial charge in [0.05, 0.1) is 6.10 Å². The summed E-state index contributed by atoms with van der Waals surface area (Å²) in [4.78, 5) is 0. The zero-order chi connectivity index (χ0) is 14.0. The molecule has 0 amide bonds. The van der Waals surface area contributed by atoms with E-state index in [1.54, 1.807) is 0 Å². The molecule has 0 saturated heterocycles. The summed E-state index contributed by atoms with van der Waals surface area (Å²) >= 11 is 0. The number of nitrogens with one attached hydrogen (secondary N) is 1. The van der Waals surface area contributed by atoms with E-state index in [1.807, 2.05) is 0 Å². The van der Waals surface area contributed by atoms with Gasteiger partial charge in [-0.2, -0.15) is 0 Å². The summed E-state index contributed by atoms with van der Waals surface area (Å²) in [5.74, 6) is 1.24. The second kappa shape index (κ2) is 6.33. The third-order valence-electron chi connectivity index (χ3n) is 6.36. The van der Waals surface area contributed by atoms with E-state index in [1.165, 1.54) is 51.4 Å². The molecule has 0 radical (unpaired) electrons. The van der Waals surface area contributed by atoms with Gasteiger partial charge in [-0.15, -0.1) is 0 Å². The standard InChI is InChI=1S/C17H31NO2/c1-2-20-16-10-15(17(16)8-3-4-9-17)18-11-13-6-5-7-14(13)12-19/h13-16,18-19H,2-12H2,1H3. The van der Waals surface area contributed by atoms with Crippen LogP contribution in [0.5, 0.6) is 0 Å². The summed E-state index contributed by atoms with van der Waals surface area (Å²) < 4.78 is 5.98. The number of rotatable bonds is 6. The van der Waals surface area contributed by atoms with Crippen molar-refractivity contribution in [2.75, 3.05) is 19.8 Å². The van der Waals surface area contributed by atoms with E-state index in [4.69, 9.17) is 4.74 Å². The molecule has 3 fully saturated rings. The molecule has 2 N–H and O–H groups in total. The molecule has 0 heterocycles. The lowest BCUT2D eigenvalue weighted by Crippen LogP contribution is -2.63. The van der Waals surface area contributed by atoms with Gasteiger partial charge < -0.3 is 15.2 Å². The van der Waals surface area contributed by atoms with Crippen molar-refractivity contribution >= 4 is 0 Å². The summed E-state index contributed by atoms with van der Waals surface area (Å²) in [6.45, 7) is 4.46. The van der Waals surface area contributed by atoms with Gasteiger partial charge in [-0.1, -0.05) is 19.3 Å². The Balaban J connectivity index is 1.53. The van der Waals surface area contributed by atoms with Crippen LogP contribution in [0.4, 0.5) is 0 Å². The Kier molecular flexibility index (Phi) is 4.68. The van der Waals surface area contributed by atoms with E-state index in [0.29, 0.717) is 36.0 Å². The van der Waals surface area contributed by atoms with E-state index in [0.717, 1.165) is 13.2 Å². The molecule has 4 unspecified atom stereocenters. The Morgan fingerprint density at radius 3 is 2.60 bits per heavy atom. The first kappa shape index (κ1) is 14.8. The van der Waals surface area contributed by atoms with Gasteiger partial charge in [0.1, 0.15) is 0 Å². The monoisotopic (exact) mass is 281 g/mol. The summed E-state index contributed by atoms with van der Waals surface area (Å²) in [5, 5.41) is 13.3. The molecule has 4 atom stereocenters. The summed E-state index contributed by atoms with van der Waals surface area (Å²) in [6.07, 6.45) is 11.0. The molecule has 3 heteroatoms. The van der Waals surface area contributed by atoms with Crippen molar-refractivity contribution in [2.45, 2.75) is 70.4 Å². The van der Waals surface area contributed by atoms with E-state index in [-0.39, 0.29) is 0 Å². The first-order valence-electron chi connectivity index (χ1n) is 8.76. The van der Waals surface area contributed by atoms with Gasteiger partial charge in [0, 0.05) is 24.7 Å². The molecular formula is C17H31NO2. The van der Waals surface area contributed by atoms with Gasteiger partial charge in [0.25, 0.3) is 0 Å². The van der Waals surface area contributed by atoms with E-state index in [2.05, 4.69) is 12.2 Å². The fourth-order valence-corrected chi connectivity index (χ4v) is 5.09. The number of aliphatic hydroxyl groups is 1. The van der Waals surface area contributed by atoms with Crippen LogP contribution in [0.25, 0.3) is 0 Å². The molecule has 0 aromatic rings. The average molecular weight is 281 g/mol. The van der Waals surface area contributed by atoms with Crippen molar-refractivity contribution < 1.29 is 9.84 Å². The van der Waals surface area contributed by atoms with Crippen LogP contribution in [-0.4, -0.2) is 37.0 Å². The number of aliphatic hydroxyl groups excluding tert-OH is 1. The highest BCUT2D eigenvalue weighted by Crippen LogP contribution is 2.54. The Morgan fingerprint density at radius 1 is 1.15 bits per heavy atom. The summed E-state index contributed by atoms with van der Waals surface area (Å²) in [7, 11) is 0. The summed E-state index contributed by atoms with van der Waals surface area (Å²) in [5.41, 5.74) is 0.448. The van der Waals surface area contributed by atoms with Crippen molar-refractivity contribution in [3.63, 3.8) is 0 Å². The third-order valence-corrected chi connectivity index (χ3v) is 6.36. The van der Waals surface area contributed by atoms with Crippen molar-refractivity contribution in [3.8, 4) is 0 Å². The third kappa shape index (κ3) is 2.53. The van der Waals surface area contributed by atoms with Crippen LogP contribution >= 0.6 is 0 Å². The number of hydrogen-bond donors (Lipinski definition) is 2. The highest BCUT2D eigenvalue weighted by molar-refractivity contribution is 5.10. The lowest BCUT2D eigenvalue weighted by molar-refractivity contribution is -0.131. The molecule has 1 spiro atoms. The lowest BCUT2D eigenvalue weighted by Gasteiger charge is -2.54. The molecule has 116 valence electrons. The minimum Gasteiger partial charge on any atom is -0.396 e. The topological polar surface area (TPSA) is 41.5 Å². The van der Waals surface area contributed by atoms with Crippen LogP contribution in [0.2, 0.25) is 0 Å². The molecular weight excluding hydrogens is 250 g/mol. The zero-order valence-corrected chi connectivity index (χ0v) is 12.9. The fraction of sp³-hybridized carbons (Fsp3) is 1.00. The quantitative estimate of drug-likeness (QED) is 0.786. The molecule has 3 aliphatic carbocycles. The van der Waals surface area contributed by atoms with E-state index >= 15 is 0 Å². The van der Waals surface area contributed by atoms with Crippen LogP contribution < -0.4 is 5.32 Å². The molecule has 0 aromatic carbocycles. The number of hydrogen-bond acceptors (Lipinski definition) is 3. The van der Waals surface area contributed by atoms with Gasteiger partial charge in [0.15, 0.2) is 0 Å². The second-order valence-electron chi connectivity index (χ2n) is 7.21. The van der Waals surface area contributed by atoms with Crippen molar-refractivity contribution in [1.82, 2.24) is 5.32 Å². The van der Waals surface area contributed by atoms with Crippen LogP contribution in [0.1, 0.15) is 58.3 Å². The predicted molar refractivity (Wildman–Crippen MR) is 80.6 cm³/mol. The maximum absolute atomic E-state index is 9.44. The van der Waals surface area contributed by atoms with Gasteiger partial charge in [-0.25, -0.2) is 0 Å². The Hall–Kier alpha value is -0.120. The van der Waals surface area contributed by atoms with Crippen molar-refractivity contribution in [3.05, 3.63) is 0 Å². The largest absolute Gasteiger partial charge is 0.396 e. The number of ether oxygens (including phenoxy) is 1. The Morgan fingerprint density at radius 2 is 1.90 bits per heavy atom. The van der Waals surface area contributed by atoms with Crippen LogP contribution in [0, 0.1) is 17.3 Å². The second-order valence-corrected chi connectivity index (χ2v) is 7.21. The predicted octanol–water partition coefficient (Wildman–Crippen LogP) is 2.72. The Bertz CT molecular complexity index is 314. The van der Waals surface area contributed by atoms with Gasteiger partial charge in [0.2, 0.25) is 0 Å². The molecule has 3 rings (SSSR count).